The topological polar surface area (TPSA) is 61.5 Å². The molecule has 108 valence electrons. The number of para-hydroxylation sites is 2. The monoisotopic (exact) mass is 275 g/mol. The quantitative estimate of drug-likeness (QED) is 0.396. The van der Waals surface area contributed by atoms with Crippen molar-refractivity contribution in [2.45, 2.75) is 38.4 Å². The van der Waals surface area contributed by atoms with E-state index in [1.54, 1.807) is 12.1 Å². The van der Waals surface area contributed by atoms with E-state index in [1.165, 1.54) is 0 Å². The highest BCUT2D eigenvalue weighted by atomic mass is 16.7. The first-order chi connectivity index (χ1) is 9.54. The van der Waals surface area contributed by atoms with Gasteiger partial charge >= 0.3 is 5.97 Å². The summed E-state index contributed by atoms with van der Waals surface area (Å²) in [6.45, 7) is 5.63. The molecule has 1 saturated carbocycles. The van der Waals surface area contributed by atoms with Gasteiger partial charge in [-0.3, -0.25) is 0 Å². The van der Waals surface area contributed by atoms with Gasteiger partial charge in [0, 0.05) is 18.9 Å². The predicted molar refractivity (Wildman–Crippen MR) is 78.1 cm³/mol. The van der Waals surface area contributed by atoms with Gasteiger partial charge in [-0.1, -0.05) is 25.6 Å². The normalized spacial score (nSPS) is 25.8. The summed E-state index contributed by atoms with van der Waals surface area (Å²) >= 11 is 0. The molecule has 0 atom stereocenters. The third-order valence-electron chi connectivity index (χ3n) is 3.70. The highest BCUT2D eigenvalue weighted by molar-refractivity contribution is 5.81. The van der Waals surface area contributed by atoms with Gasteiger partial charge in [0.05, 0.1) is 5.69 Å². The SMILES string of the molecule is C=CC(=O)OC1(Oc2ccccc2N)CCC(C)CC1. The van der Waals surface area contributed by atoms with Gasteiger partial charge in [0.1, 0.15) is 5.75 Å². The maximum Gasteiger partial charge on any atom is 0.333 e. The molecule has 0 bridgehead atoms. The van der Waals surface area contributed by atoms with E-state index >= 15 is 0 Å². The second-order valence-corrected chi connectivity index (χ2v) is 5.36. The maximum atomic E-state index is 11.6. The van der Waals surface area contributed by atoms with Crippen LogP contribution in [0, 0.1) is 5.92 Å². The number of hydrogen-bond acceptors (Lipinski definition) is 4. The highest BCUT2D eigenvalue weighted by Gasteiger charge is 2.40. The van der Waals surface area contributed by atoms with Crippen LogP contribution in [-0.4, -0.2) is 11.8 Å². The van der Waals surface area contributed by atoms with Crippen molar-refractivity contribution in [2.24, 2.45) is 5.92 Å². The molecule has 1 aliphatic carbocycles. The molecule has 2 rings (SSSR count). The predicted octanol–water partition coefficient (Wildman–Crippen LogP) is 3.28. The van der Waals surface area contributed by atoms with Crippen LogP contribution in [0.4, 0.5) is 5.69 Å². The van der Waals surface area contributed by atoms with E-state index < -0.39 is 11.8 Å². The molecule has 0 aromatic heterocycles. The molecular weight excluding hydrogens is 254 g/mol. The van der Waals surface area contributed by atoms with E-state index in [0.717, 1.165) is 18.9 Å². The Kier molecular flexibility index (Phi) is 4.32. The molecular formula is C16H21NO3. The standard InChI is InChI=1S/C16H21NO3/c1-3-15(18)20-16(10-8-12(2)9-11-16)19-14-7-5-4-6-13(14)17/h3-7,12H,1,8-11,17H2,2H3. The fourth-order valence-corrected chi connectivity index (χ4v) is 2.43. The molecule has 0 radical (unpaired) electrons. The van der Waals surface area contributed by atoms with Crippen LogP contribution in [0.15, 0.2) is 36.9 Å². The molecule has 0 saturated heterocycles. The molecule has 4 nitrogen and oxygen atoms in total. The van der Waals surface area contributed by atoms with Gasteiger partial charge in [-0.05, 0) is 30.9 Å². The first kappa shape index (κ1) is 14.4. The van der Waals surface area contributed by atoms with Gasteiger partial charge in [0.2, 0.25) is 0 Å². The van der Waals surface area contributed by atoms with Crippen molar-refractivity contribution >= 4 is 11.7 Å². The molecule has 20 heavy (non-hydrogen) atoms. The zero-order valence-corrected chi connectivity index (χ0v) is 11.8. The summed E-state index contributed by atoms with van der Waals surface area (Å²) in [7, 11) is 0. The number of nitrogen functional groups attached to an aromatic ring is 1. The Balaban J connectivity index is 2.20. The van der Waals surface area contributed by atoms with Crippen LogP contribution in [0.25, 0.3) is 0 Å². The number of carbonyl (C=O) groups is 1. The van der Waals surface area contributed by atoms with Crippen LogP contribution in [0.5, 0.6) is 5.75 Å². The fourth-order valence-electron chi connectivity index (χ4n) is 2.43. The number of nitrogens with two attached hydrogens (primary N) is 1. The molecule has 0 unspecified atom stereocenters. The third kappa shape index (κ3) is 3.32. The Morgan fingerprint density at radius 3 is 2.65 bits per heavy atom. The van der Waals surface area contributed by atoms with Crippen LogP contribution in [-0.2, 0) is 9.53 Å². The van der Waals surface area contributed by atoms with Gasteiger partial charge in [0.25, 0.3) is 5.79 Å². The summed E-state index contributed by atoms with van der Waals surface area (Å²) < 4.78 is 11.5. The lowest BCUT2D eigenvalue weighted by Crippen LogP contribution is -2.44. The molecule has 0 aliphatic heterocycles. The van der Waals surface area contributed by atoms with Gasteiger partial charge in [-0.2, -0.15) is 0 Å². The van der Waals surface area contributed by atoms with E-state index in [0.29, 0.717) is 30.2 Å². The maximum absolute atomic E-state index is 11.6. The number of ether oxygens (including phenoxy) is 2. The molecule has 1 aliphatic rings. The van der Waals surface area contributed by atoms with E-state index in [1.807, 2.05) is 12.1 Å². The smallest absolute Gasteiger partial charge is 0.333 e. The largest absolute Gasteiger partial charge is 0.450 e. The lowest BCUT2D eigenvalue weighted by Gasteiger charge is -2.38. The molecule has 1 aromatic carbocycles. The number of esters is 1. The van der Waals surface area contributed by atoms with Crippen molar-refractivity contribution in [2.75, 3.05) is 5.73 Å². The minimum atomic E-state index is -0.923. The van der Waals surface area contributed by atoms with Crippen LogP contribution < -0.4 is 10.5 Å². The number of carbonyl (C=O) groups excluding carboxylic acids is 1. The average Bonchev–Trinajstić information content (AvgIpc) is 2.45. The van der Waals surface area contributed by atoms with E-state index in [4.69, 9.17) is 15.2 Å². The Hall–Kier alpha value is -1.97. The van der Waals surface area contributed by atoms with Crippen LogP contribution >= 0.6 is 0 Å². The van der Waals surface area contributed by atoms with Gasteiger partial charge in [-0.15, -0.1) is 0 Å². The van der Waals surface area contributed by atoms with Crippen LogP contribution in [0.2, 0.25) is 0 Å². The zero-order valence-electron chi connectivity index (χ0n) is 11.8. The minimum Gasteiger partial charge on any atom is -0.450 e. The molecule has 0 amide bonds. The number of anilines is 1. The van der Waals surface area contributed by atoms with Gasteiger partial charge < -0.3 is 15.2 Å². The second-order valence-electron chi connectivity index (χ2n) is 5.36. The van der Waals surface area contributed by atoms with Crippen molar-refractivity contribution < 1.29 is 14.3 Å². The van der Waals surface area contributed by atoms with Crippen molar-refractivity contribution in [1.82, 2.24) is 0 Å². The second kappa shape index (κ2) is 5.99. The minimum absolute atomic E-state index is 0.464. The number of benzene rings is 1. The molecule has 0 heterocycles. The molecule has 0 spiro atoms. The van der Waals surface area contributed by atoms with E-state index in [9.17, 15) is 4.79 Å². The Morgan fingerprint density at radius 1 is 1.40 bits per heavy atom. The van der Waals surface area contributed by atoms with Crippen molar-refractivity contribution in [3.05, 3.63) is 36.9 Å². The summed E-state index contributed by atoms with van der Waals surface area (Å²) in [4.78, 5) is 11.6. The fraction of sp³-hybridized carbons (Fsp3) is 0.438. The molecule has 4 heteroatoms. The van der Waals surface area contributed by atoms with Crippen molar-refractivity contribution in [1.29, 1.82) is 0 Å². The zero-order chi connectivity index (χ0) is 14.6. The number of rotatable bonds is 4. The Labute approximate surface area is 119 Å². The van der Waals surface area contributed by atoms with E-state index in [-0.39, 0.29) is 0 Å². The lowest BCUT2D eigenvalue weighted by molar-refractivity contribution is -0.205. The van der Waals surface area contributed by atoms with Gasteiger partial charge in [-0.25, -0.2) is 4.79 Å². The van der Waals surface area contributed by atoms with Crippen LogP contribution in [0.3, 0.4) is 0 Å². The Bertz CT molecular complexity index is 490. The van der Waals surface area contributed by atoms with Crippen molar-refractivity contribution in [3.8, 4) is 5.75 Å². The molecule has 2 N–H and O–H groups in total. The van der Waals surface area contributed by atoms with Crippen molar-refractivity contribution in [3.63, 3.8) is 0 Å². The average molecular weight is 275 g/mol. The Morgan fingerprint density at radius 2 is 2.05 bits per heavy atom. The summed E-state index contributed by atoms with van der Waals surface area (Å²) in [5, 5.41) is 0. The highest BCUT2D eigenvalue weighted by Crippen LogP contribution is 2.38. The van der Waals surface area contributed by atoms with E-state index in [2.05, 4.69) is 13.5 Å². The first-order valence-electron chi connectivity index (χ1n) is 6.93. The molecule has 1 fully saturated rings. The molecule has 1 aromatic rings. The summed E-state index contributed by atoms with van der Waals surface area (Å²) in [5.74, 6) is -0.219. The third-order valence-corrected chi connectivity index (χ3v) is 3.70. The first-order valence-corrected chi connectivity index (χ1v) is 6.93. The summed E-state index contributed by atoms with van der Waals surface area (Å²) in [6.07, 6.45) is 4.41. The summed E-state index contributed by atoms with van der Waals surface area (Å²) in [6, 6.07) is 7.24. The summed E-state index contributed by atoms with van der Waals surface area (Å²) in [5.41, 5.74) is 6.44. The number of hydrogen-bond donors (Lipinski definition) is 1. The van der Waals surface area contributed by atoms with Crippen LogP contribution in [0.1, 0.15) is 32.6 Å². The van der Waals surface area contributed by atoms with Gasteiger partial charge in [0.15, 0.2) is 0 Å². The lowest BCUT2D eigenvalue weighted by atomic mass is 9.86.